The molecule has 0 fully saturated rings. The van der Waals surface area contributed by atoms with Crippen LogP contribution in [0.3, 0.4) is 0 Å². The third-order valence-corrected chi connectivity index (χ3v) is 4.10. The zero-order chi connectivity index (χ0) is 11.1. The van der Waals surface area contributed by atoms with E-state index in [0.717, 1.165) is 23.4 Å². The van der Waals surface area contributed by atoms with E-state index in [1.807, 2.05) is 0 Å². The maximum absolute atomic E-state index is 5.63. The van der Waals surface area contributed by atoms with Crippen LogP contribution in [0.5, 0.6) is 0 Å². The number of nitrogens with zero attached hydrogens (tertiary/aromatic N) is 1. The van der Waals surface area contributed by atoms with Crippen molar-refractivity contribution < 1.29 is 0 Å². The van der Waals surface area contributed by atoms with E-state index in [9.17, 15) is 0 Å². The molecule has 0 aliphatic heterocycles. The van der Waals surface area contributed by atoms with Gasteiger partial charge in [-0.2, -0.15) is 0 Å². The number of aromatic nitrogens is 1. The zero-order valence-electron chi connectivity index (χ0n) is 9.29. The van der Waals surface area contributed by atoms with E-state index in [1.165, 1.54) is 21.4 Å². The van der Waals surface area contributed by atoms with Crippen LogP contribution in [-0.4, -0.2) is 11.5 Å². The number of hydrogen-bond donors (Lipinski definition) is 1. The average Bonchev–Trinajstić information content (AvgIpc) is 2.81. The standard InChI is InChI=1S/C13H14N2S/c1-8-15-11-5-4-9-2-3-10(6-7-14)12(9)13(11)16-8/h4-6H,2-3,7,14H2,1H3/b10-6-. The summed E-state index contributed by atoms with van der Waals surface area (Å²) < 4.78 is 1.34. The average molecular weight is 230 g/mol. The van der Waals surface area contributed by atoms with Gasteiger partial charge < -0.3 is 5.73 Å². The van der Waals surface area contributed by atoms with Gasteiger partial charge in [-0.3, -0.25) is 0 Å². The largest absolute Gasteiger partial charge is 0.327 e. The first-order valence-corrected chi connectivity index (χ1v) is 6.39. The van der Waals surface area contributed by atoms with Crippen LogP contribution in [0.2, 0.25) is 0 Å². The Labute approximate surface area is 98.8 Å². The molecule has 2 aromatic rings. The molecule has 0 atom stereocenters. The summed E-state index contributed by atoms with van der Waals surface area (Å²) in [6, 6.07) is 4.36. The number of aryl methyl sites for hydroxylation is 2. The number of allylic oxidation sites excluding steroid dienone is 1. The smallest absolute Gasteiger partial charge is 0.0907 e. The van der Waals surface area contributed by atoms with Gasteiger partial charge in [0.2, 0.25) is 0 Å². The lowest BCUT2D eigenvalue weighted by Gasteiger charge is -2.01. The molecule has 0 bridgehead atoms. The Balaban J connectivity index is 2.32. The molecule has 16 heavy (non-hydrogen) atoms. The molecule has 0 saturated heterocycles. The van der Waals surface area contributed by atoms with Crippen molar-refractivity contribution in [3.8, 4) is 0 Å². The lowest BCUT2D eigenvalue weighted by molar-refractivity contribution is 1.08. The number of thiazole rings is 1. The van der Waals surface area contributed by atoms with Crippen molar-refractivity contribution in [1.82, 2.24) is 4.98 Å². The topological polar surface area (TPSA) is 38.9 Å². The Hall–Kier alpha value is -1.19. The molecule has 3 rings (SSSR count). The van der Waals surface area contributed by atoms with Crippen LogP contribution < -0.4 is 5.73 Å². The van der Waals surface area contributed by atoms with Gasteiger partial charge in [0.25, 0.3) is 0 Å². The third-order valence-electron chi connectivity index (χ3n) is 3.10. The Kier molecular flexibility index (Phi) is 2.30. The van der Waals surface area contributed by atoms with Crippen molar-refractivity contribution in [2.24, 2.45) is 5.73 Å². The number of benzene rings is 1. The normalized spacial score (nSPS) is 17.2. The summed E-state index contributed by atoms with van der Waals surface area (Å²) in [6.07, 6.45) is 4.43. The van der Waals surface area contributed by atoms with E-state index >= 15 is 0 Å². The van der Waals surface area contributed by atoms with E-state index < -0.39 is 0 Å². The van der Waals surface area contributed by atoms with Crippen LogP contribution in [-0.2, 0) is 6.42 Å². The third kappa shape index (κ3) is 1.39. The van der Waals surface area contributed by atoms with Gasteiger partial charge in [-0.25, -0.2) is 4.98 Å². The minimum absolute atomic E-state index is 0.628. The maximum Gasteiger partial charge on any atom is 0.0907 e. The molecule has 1 aliphatic rings. The molecule has 1 aromatic heterocycles. The van der Waals surface area contributed by atoms with Crippen molar-refractivity contribution in [1.29, 1.82) is 0 Å². The highest BCUT2D eigenvalue weighted by molar-refractivity contribution is 7.18. The molecule has 1 aromatic carbocycles. The van der Waals surface area contributed by atoms with Gasteiger partial charge >= 0.3 is 0 Å². The van der Waals surface area contributed by atoms with Crippen molar-refractivity contribution in [3.63, 3.8) is 0 Å². The molecule has 0 amide bonds. The summed E-state index contributed by atoms with van der Waals surface area (Å²) in [5, 5.41) is 1.14. The molecule has 3 heteroatoms. The second-order valence-electron chi connectivity index (χ2n) is 4.15. The molecule has 0 saturated carbocycles. The van der Waals surface area contributed by atoms with E-state index in [4.69, 9.17) is 5.73 Å². The predicted molar refractivity (Wildman–Crippen MR) is 69.7 cm³/mol. The van der Waals surface area contributed by atoms with Crippen molar-refractivity contribution in [2.75, 3.05) is 6.54 Å². The highest BCUT2D eigenvalue weighted by Crippen LogP contribution is 2.39. The number of rotatable bonds is 1. The van der Waals surface area contributed by atoms with Gasteiger partial charge in [-0.1, -0.05) is 12.1 Å². The fourth-order valence-corrected chi connectivity index (χ4v) is 3.47. The summed E-state index contributed by atoms with van der Waals surface area (Å²) >= 11 is 1.79. The van der Waals surface area contributed by atoms with Gasteiger partial charge in [0.15, 0.2) is 0 Å². The quantitative estimate of drug-likeness (QED) is 0.818. The van der Waals surface area contributed by atoms with Crippen LogP contribution in [0.1, 0.15) is 22.6 Å². The SMILES string of the molecule is Cc1nc2ccc3c(c2s1)/C(=C\CN)CC3. The van der Waals surface area contributed by atoms with Crippen molar-refractivity contribution >= 4 is 27.1 Å². The van der Waals surface area contributed by atoms with Crippen LogP contribution in [0.25, 0.3) is 15.8 Å². The first-order valence-electron chi connectivity index (χ1n) is 5.58. The van der Waals surface area contributed by atoms with Crippen molar-refractivity contribution in [2.45, 2.75) is 19.8 Å². The number of hydrogen-bond acceptors (Lipinski definition) is 3. The van der Waals surface area contributed by atoms with Crippen molar-refractivity contribution in [3.05, 3.63) is 34.3 Å². The highest BCUT2D eigenvalue weighted by Gasteiger charge is 2.20. The Bertz CT molecular complexity index is 581. The fourth-order valence-electron chi connectivity index (χ4n) is 2.45. The molecule has 2 N–H and O–H groups in total. The molecular weight excluding hydrogens is 216 g/mol. The zero-order valence-corrected chi connectivity index (χ0v) is 10.1. The molecule has 0 unspecified atom stereocenters. The molecule has 0 radical (unpaired) electrons. The van der Waals surface area contributed by atoms with Crippen LogP contribution in [0.15, 0.2) is 18.2 Å². The van der Waals surface area contributed by atoms with E-state index in [0.29, 0.717) is 6.54 Å². The monoisotopic (exact) mass is 230 g/mol. The highest BCUT2D eigenvalue weighted by atomic mass is 32.1. The van der Waals surface area contributed by atoms with Gasteiger partial charge in [0.1, 0.15) is 0 Å². The second kappa shape index (κ2) is 3.68. The number of nitrogens with two attached hydrogens (primary N) is 1. The minimum Gasteiger partial charge on any atom is -0.327 e. The van der Waals surface area contributed by atoms with Crippen LogP contribution in [0.4, 0.5) is 0 Å². The Morgan fingerprint density at radius 2 is 2.31 bits per heavy atom. The summed E-state index contributed by atoms with van der Waals surface area (Å²) in [5.74, 6) is 0. The van der Waals surface area contributed by atoms with Gasteiger partial charge in [0.05, 0.1) is 15.2 Å². The van der Waals surface area contributed by atoms with Crippen LogP contribution >= 0.6 is 11.3 Å². The summed E-state index contributed by atoms with van der Waals surface area (Å²) in [6.45, 7) is 2.70. The Morgan fingerprint density at radius 1 is 1.44 bits per heavy atom. The molecular formula is C13H14N2S. The summed E-state index contributed by atoms with van der Waals surface area (Å²) in [7, 11) is 0. The first-order chi connectivity index (χ1) is 7.79. The minimum atomic E-state index is 0.628. The van der Waals surface area contributed by atoms with Crippen LogP contribution in [0, 0.1) is 6.92 Å². The summed E-state index contributed by atoms with van der Waals surface area (Å²) in [5.41, 5.74) is 11.0. The number of fused-ring (bicyclic) bond motifs is 3. The Morgan fingerprint density at radius 3 is 3.12 bits per heavy atom. The lowest BCUT2D eigenvalue weighted by Crippen LogP contribution is -1.94. The van der Waals surface area contributed by atoms with Gasteiger partial charge in [0, 0.05) is 12.1 Å². The lowest BCUT2D eigenvalue weighted by atomic mass is 10.1. The second-order valence-corrected chi connectivity index (χ2v) is 5.35. The van der Waals surface area contributed by atoms with Gasteiger partial charge in [-0.05, 0) is 37.0 Å². The molecule has 1 heterocycles. The summed E-state index contributed by atoms with van der Waals surface area (Å²) in [4.78, 5) is 4.55. The van der Waals surface area contributed by atoms with E-state index in [2.05, 4.69) is 30.1 Å². The fraction of sp³-hybridized carbons (Fsp3) is 0.308. The first kappa shape index (κ1) is 10.00. The van der Waals surface area contributed by atoms with E-state index in [1.54, 1.807) is 11.3 Å². The molecule has 1 aliphatic carbocycles. The molecule has 0 spiro atoms. The maximum atomic E-state index is 5.63. The predicted octanol–water partition coefficient (Wildman–Crippen LogP) is 2.89. The molecule has 82 valence electrons. The molecule has 2 nitrogen and oxygen atoms in total. The van der Waals surface area contributed by atoms with Gasteiger partial charge in [-0.15, -0.1) is 11.3 Å². The van der Waals surface area contributed by atoms with E-state index in [-0.39, 0.29) is 0 Å².